The summed E-state index contributed by atoms with van der Waals surface area (Å²) in [5, 5.41) is 12.0. The normalized spacial score (nSPS) is 17.2. The molecule has 4 nitrogen and oxygen atoms in total. The number of benzene rings is 1. The average molecular weight is 251 g/mol. The molecule has 1 aliphatic rings. The van der Waals surface area contributed by atoms with Gasteiger partial charge >= 0.3 is 0 Å². The molecule has 0 aliphatic carbocycles. The second-order valence-electron chi connectivity index (χ2n) is 4.11. The van der Waals surface area contributed by atoms with E-state index in [-0.39, 0.29) is 5.84 Å². The van der Waals surface area contributed by atoms with E-state index in [0.29, 0.717) is 0 Å². The van der Waals surface area contributed by atoms with Crippen LogP contribution in [0.5, 0.6) is 0 Å². The predicted octanol–water partition coefficient (Wildman–Crippen LogP) is 1.64. The molecule has 2 rings (SSSR count). The van der Waals surface area contributed by atoms with Crippen LogP contribution >= 0.6 is 11.8 Å². The molecule has 0 amide bonds. The molecule has 92 valence electrons. The summed E-state index contributed by atoms with van der Waals surface area (Å²) in [5.41, 5.74) is 8.73. The first-order chi connectivity index (χ1) is 8.22. The molecular weight excluding hydrogens is 234 g/mol. The molecule has 1 aliphatic heterocycles. The molecule has 1 aromatic rings. The summed E-state index contributed by atoms with van der Waals surface area (Å²) in [6.45, 7) is 4.03. The smallest absolute Gasteiger partial charge is 0.172 e. The number of oxime groups is 1. The molecule has 0 bridgehead atoms. The van der Waals surface area contributed by atoms with E-state index in [9.17, 15) is 0 Å². The van der Waals surface area contributed by atoms with Crippen LogP contribution in [0.2, 0.25) is 0 Å². The van der Waals surface area contributed by atoms with E-state index in [1.165, 1.54) is 0 Å². The maximum atomic E-state index is 8.84. The SMILES string of the molecule is Cc1ccc(N2CCSCC2)c(/C(N)=N/O)c1. The number of amidine groups is 1. The van der Waals surface area contributed by atoms with Gasteiger partial charge in [0.05, 0.1) is 0 Å². The van der Waals surface area contributed by atoms with Crippen molar-refractivity contribution in [3.63, 3.8) is 0 Å². The van der Waals surface area contributed by atoms with Crippen LogP contribution in [0.1, 0.15) is 11.1 Å². The summed E-state index contributed by atoms with van der Waals surface area (Å²) >= 11 is 1.96. The van der Waals surface area contributed by atoms with Crippen LogP contribution in [0, 0.1) is 6.92 Å². The molecular formula is C12H17N3OS. The van der Waals surface area contributed by atoms with Gasteiger partial charge in [-0.15, -0.1) is 0 Å². The van der Waals surface area contributed by atoms with Gasteiger partial charge in [0.1, 0.15) is 0 Å². The molecule has 0 radical (unpaired) electrons. The minimum absolute atomic E-state index is 0.182. The average Bonchev–Trinajstić information content (AvgIpc) is 2.38. The Kier molecular flexibility index (Phi) is 3.78. The number of nitrogens with two attached hydrogens (primary N) is 1. The van der Waals surface area contributed by atoms with Crippen LogP contribution in [-0.2, 0) is 0 Å². The molecule has 5 heteroatoms. The van der Waals surface area contributed by atoms with Gasteiger partial charge in [0.15, 0.2) is 5.84 Å². The Morgan fingerprint density at radius 2 is 2.12 bits per heavy atom. The zero-order valence-electron chi connectivity index (χ0n) is 9.89. The third-order valence-electron chi connectivity index (χ3n) is 2.89. The van der Waals surface area contributed by atoms with Crippen molar-refractivity contribution in [3.8, 4) is 0 Å². The second kappa shape index (κ2) is 5.31. The third kappa shape index (κ3) is 2.66. The quantitative estimate of drug-likeness (QED) is 0.363. The molecule has 17 heavy (non-hydrogen) atoms. The number of nitrogens with zero attached hydrogens (tertiary/aromatic N) is 2. The Morgan fingerprint density at radius 3 is 2.76 bits per heavy atom. The van der Waals surface area contributed by atoms with Crippen molar-refractivity contribution in [2.45, 2.75) is 6.92 Å². The van der Waals surface area contributed by atoms with Crippen molar-refractivity contribution in [1.82, 2.24) is 0 Å². The lowest BCUT2D eigenvalue weighted by molar-refractivity contribution is 0.318. The molecule has 1 saturated heterocycles. The number of thioether (sulfide) groups is 1. The molecule has 1 fully saturated rings. The summed E-state index contributed by atoms with van der Waals surface area (Å²) in [6, 6.07) is 6.08. The maximum absolute atomic E-state index is 8.84. The van der Waals surface area contributed by atoms with Gasteiger partial charge < -0.3 is 15.8 Å². The topological polar surface area (TPSA) is 61.8 Å². The van der Waals surface area contributed by atoms with Crippen molar-refractivity contribution in [2.24, 2.45) is 10.9 Å². The monoisotopic (exact) mass is 251 g/mol. The lowest BCUT2D eigenvalue weighted by Crippen LogP contribution is -2.34. The van der Waals surface area contributed by atoms with Crippen molar-refractivity contribution < 1.29 is 5.21 Å². The van der Waals surface area contributed by atoms with Gasteiger partial charge in [-0.25, -0.2) is 0 Å². The number of anilines is 1. The molecule has 1 aromatic carbocycles. The Bertz CT molecular complexity index is 428. The van der Waals surface area contributed by atoms with Crippen LogP contribution in [0.25, 0.3) is 0 Å². The number of rotatable bonds is 2. The fourth-order valence-electron chi connectivity index (χ4n) is 1.99. The number of aryl methyl sites for hydroxylation is 1. The van der Waals surface area contributed by atoms with E-state index in [4.69, 9.17) is 10.9 Å². The van der Waals surface area contributed by atoms with Crippen LogP contribution in [0.3, 0.4) is 0 Å². The summed E-state index contributed by atoms with van der Waals surface area (Å²) < 4.78 is 0. The number of hydrogen-bond donors (Lipinski definition) is 2. The zero-order valence-corrected chi connectivity index (χ0v) is 10.7. The first kappa shape index (κ1) is 12.1. The number of hydrogen-bond acceptors (Lipinski definition) is 4. The molecule has 3 N–H and O–H groups in total. The van der Waals surface area contributed by atoms with Gasteiger partial charge in [-0.1, -0.05) is 16.8 Å². The highest BCUT2D eigenvalue weighted by Gasteiger charge is 2.16. The van der Waals surface area contributed by atoms with Crippen molar-refractivity contribution in [2.75, 3.05) is 29.5 Å². The molecule has 0 unspecified atom stereocenters. The van der Waals surface area contributed by atoms with E-state index >= 15 is 0 Å². The molecule has 0 spiro atoms. The Hall–Kier alpha value is -1.36. The summed E-state index contributed by atoms with van der Waals surface area (Å²) in [6.07, 6.45) is 0. The first-order valence-corrected chi connectivity index (χ1v) is 6.79. The van der Waals surface area contributed by atoms with Crippen LogP contribution < -0.4 is 10.6 Å². The molecule has 0 atom stereocenters. The van der Waals surface area contributed by atoms with Crippen molar-refractivity contribution in [1.29, 1.82) is 0 Å². The van der Waals surface area contributed by atoms with E-state index in [2.05, 4.69) is 22.2 Å². The second-order valence-corrected chi connectivity index (χ2v) is 5.33. The Labute approximate surface area is 105 Å². The molecule has 1 heterocycles. The fraction of sp³-hybridized carbons (Fsp3) is 0.417. The van der Waals surface area contributed by atoms with Crippen LogP contribution in [0.4, 0.5) is 5.69 Å². The van der Waals surface area contributed by atoms with Crippen molar-refractivity contribution >= 4 is 23.3 Å². The summed E-state index contributed by atoms with van der Waals surface area (Å²) in [7, 11) is 0. The zero-order chi connectivity index (χ0) is 12.3. The highest BCUT2D eigenvalue weighted by Crippen LogP contribution is 2.24. The lowest BCUT2D eigenvalue weighted by Gasteiger charge is -2.30. The van der Waals surface area contributed by atoms with Gasteiger partial charge in [-0.05, 0) is 19.1 Å². The third-order valence-corrected chi connectivity index (χ3v) is 3.83. The Morgan fingerprint density at radius 1 is 1.41 bits per heavy atom. The van der Waals surface area contributed by atoms with Crippen LogP contribution in [-0.4, -0.2) is 35.6 Å². The minimum Gasteiger partial charge on any atom is -0.409 e. The standard InChI is InChI=1S/C12H17N3OS/c1-9-2-3-11(10(8-9)12(13)14-16)15-4-6-17-7-5-15/h2-3,8,16H,4-7H2,1H3,(H2,13,14). The van der Waals surface area contributed by atoms with E-state index in [1.54, 1.807) is 0 Å². The van der Waals surface area contributed by atoms with Gasteiger partial charge in [0.2, 0.25) is 0 Å². The minimum atomic E-state index is 0.182. The highest BCUT2D eigenvalue weighted by atomic mass is 32.2. The van der Waals surface area contributed by atoms with E-state index in [0.717, 1.165) is 41.4 Å². The van der Waals surface area contributed by atoms with E-state index in [1.807, 2.05) is 24.8 Å². The van der Waals surface area contributed by atoms with Crippen LogP contribution in [0.15, 0.2) is 23.4 Å². The molecule has 0 aromatic heterocycles. The maximum Gasteiger partial charge on any atom is 0.172 e. The highest BCUT2D eigenvalue weighted by molar-refractivity contribution is 7.99. The lowest BCUT2D eigenvalue weighted by atomic mass is 10.1. The first-order valence-electron chi connectivity index (χ1n) is 5.63. The van der Waals surface area contributed by atoms with Gasteiger partial charge in [-0.2, -0.15) is 11.8 Å². The van der Waals surface area contributed by atoms with Crippen molar-refractivity contribution in [3.05, 3.63) is 29.3 Å². The summed E-state index contributed by atoms with van der Waals surface area (Å²) in [5.74, 6) is 2.44. The predicted molar refractivity (Wildman–Crippen MR) is 73.2 cm³/mol. The van der Waals surface area contributed by atoms with Gasteiger partial charge in [0.25, 0.3) is 0 Å². The summed E-state index contributed by atoms with van der Waals surface area (Å²) in [4.78, 5) is 2.29. The largest absolute Gasteiger partial charge is 0.409 e. The van der Waals surface area contributed by atoms with E-state index < -0.39 is 0 Å². The molecule has 0 saturated carbocycles. The fourth-order valence-corrected chi connectivity index (χ4v) is 2.89. The van der Waals surface area contributed by atoms with Gasteiger partial charge in [-0.3, -0.25) is 0 Å². The Balaban J connectivity index is 2.37. The van der Waals surface area contributed by atoms with Gasteiger partial charge in [0, 0.05) is 35.8 Å².